The SMILES string of the molecule is CCOC(=O)C(CCN(C)C(C)CC)NC. The molecule has 0 saturated heterocycles. The van der Waals surface area contributed by atoms with Crippen LogP contribution in [0.25, 0.3) is 0 Å². The second kappa shape index (κ2) is 8.53. The van der Waals surface area contributed by atoms with Crippen molar-refractivity contribution in [2.24, 2.45) is 0 Å². The van der Waals surface area contributed by atoms with E-state index in [0.717, 1.165) is 19.4 Å². The zero-order valence-electron chi connectivity index (χ0n) is 11.2. The molecule has 0 aromatic rings. The maximum absolute atomic E-state index is 11.5. The van der Waals surface area contributed by atoms with Crippen LogP contribution in [0.3, 0.4) is 0 Å². The molecule has 0 amide bonds. The van der Waals surface area contributed by atoms with Gasteiger partial charge in [-0.3, -0.25) is 4.79 Å². The van der Waals surface area contributed by atoms with Crippen LogP contribution in [0.5, 0.6) is 0 Å². The standard InChI is InChI=1S/C12H26N2O2/c1-6-10(3)14(5)9-8-11(13-4)12(15)16-7-2/h10-11,13H,6-9H2,1-5H3. The number of likely N-dealkylation sites (N-methyl/N-ethyl adjacent to an activating group) is 1. The molecule has 4 heteroatoms. The van der Waals surface area contributed by atoms with Crippen molar-refractivity contribution >= 4 is 5.97 Å². The Labute approximate surface area is 99.3 Å². The molecule has 4 nitrogen and oxygen atoms in total. The predicted octanol–water partition coefficient (Wildman–Crippen LogP) is 1.26. The van der Waals surface area contributed by atoms with Crippen molar-refractivity contribution in [2.45, 2.75) is 45.7 Å². The predicted molar refractivity (Wildman–Crippen MR) is 66.5 cm³/mol. The van der Waals surface area contributed by atoms with E-state index in [1.165, 1.54) is 0 Å². The van der Waals surface area contributed by atoms with E-state index in [0.29, 0.717) is 12.6 Å². The van der Waals surface area contributed by atoms with Crippen molar-refractivity contribution in [2.75, 3.05) is 27.2 Å². The average molecular weight is 230 g/mol. The molecular weight excluding hydrogens is 204 g/mol. The number of esters is 1. The number of nitrogens with zero attached hydrogens (tertiary/aromatic N) is 1. The van der Waals surface area contributed by atoms with Crippen molar-refractivity contribution in [1.29, 1.82) is 0 Å². The molecule has 0 aromatic carbocycles. The van der Waals surface area contributed by atoms with Gasteiger partial charge in [-0.15, -0.1) is 0 Å². The Bertz CT molecular complexity index is 197. The highest BCUT2D eigenvalue weighted by Crippen LogP contribution is 2.03. The fourth-order valence-electron chi connectivity index (χ4n) is 1.49. The van der Waals surface area contributed by atoms with Gasteiger partial charge in [0.05, 0.1) is 6.61 Å². The van der Waals surface area contributed by atoms with E-state index in [2.05, 4.69) is 31.1 Å². The van der Waals surface area contributed by atoms with Gasteiger partial charge in [-0.05, 0) is 40.8 Å². The summed E-state index contributed by atoms with van der Waals surface area (Å²) in [5.41, 5.74) is 0. The van der Waals surface area contributed by atoms with Gasteiger partial charge in [-0.2, -0.15) is 0 Å². The largest absolute Gasteiger partial charge is 0.465 e. The Kier molecular flexibility index (Phi) is 8.21. The summed E-state index contributed by atoms with van der Waals surface area (Å²) in [5.74, 6) is -0.150. The van der Waals surface area contributed by atoms with Crippen molar-refractivity contribution in [3.8, 4) is 0 Å². The Morgan fingerprint density at radius 3 is 2.50 bits per heavy atom. The minimum Gasteiger partial charge on any atom is -0.465 e. The smallest absolute Gasteiger partial charge is 0.323 e. The number of hydrogen-bond acceptors (Lipinski definition) is 4. The van der Waals surface area contributed by atoms with Crippen molar-refractivity contribution in [1.82, 2.24) is 10.2 Å². The number of ether oxygens (including phenoxy) is 1. The minimum atomic E-state index is -0.188. The number of carbonyl (C=O) groups is 1. The summed E-state index contributed by atoms with van der Waals surface area (Å²) in [6.45, 7) is 7.54. The monoisotopic (exact) mass is 230 g/mol. The summed E-state index contributed by atoms with van der Waals surface area (Å²) in [4.78, 5) is 13.8. The van der Waals surface area contributed by atoms with E-state index in [9.17, 15) is 4.79 Å². The number of carbonyl (C=O) groups excluding carboxylic acids is 1. The van der Waals surface area contributed by atoms with Gasteiger partial charge in [0, 0.05) is 12.6 Å². The van der Waals surface area contributed by atoms with Gasteiger partial charge in [0.2, 0.25) is 0 Å². The highest BCUT2D eigenvalue weighted by Gasteiger charge is 2.18. The third-order valence-corrected chi connectivity index (χ3v) is 3.03. The van der Waals surface area contributed by atoms with Gasteiger partial charge in [-0.25, -0.2) is 0 Å². The van der Waals surface area contributed by atoms with Crippen LogP contribution in [0.4, 0.5) is 0 Å². The summed E-state index contributed by atoms with van der Waals surface area (Å²) >= 11 is 0. The molecule has 96 valence electrons. The van der Waals surface area contributed by atoms with Crippen LogP contribution >= 0.6 is 0 Å². The third-order valence-electron chi connectivity index (χ3n) is 3.03. The first-order valence-corrected chi connectivity index (χ1v) is 6.10. The molecule has 0 aliphatic heterocycles. The molecule has 0 bridgehead atoms. The van der Waals surface area contributed by atoms with Crippen LogP contribution in [-0.4, -0.2) is 50.2 Å². The molecule has 2 atom stereocenters. The lowest BCUT2D eigenvalue weighted by Crippen LogP contribution is -2.40. The first-order valence-electron chi connectivity index (χ1n) is 6.10. The molecule has 16 heavy (non-hydrogen) atoms. The van der Waals surface area contributed by atoms with Crippen LogP contribution in [0.2, 0.25) is 0 Å². The lowest BCUT2D eigenvalue weighted by atomic mass is 10.1. The number of nitrogens with one attached hydrogen (secondary N) is 1. The summed E-state index contributed by atoms with van der Waals surface area (Å²) in [6.07, 6.45) is 1.91. The second-order valence-electron chi connectivity index (χ2n) is 4.12. The van der Waals surface area contributed by atoms with Crippen LogP contribution in [0.15, 0.2) is 0 Å². The molecule has 1 N–H and O–H groups in total. The lowest BCUT2D eigenvalue weighted by molar-refractivity contribution is -0.145. The lowest BCUT2D eigenvalue weighted by Gasteiger charge is -2.25. The number of hydrogen-bond donors (Lipinski definition) is 1. The Morgan fingerprint density at radius 1 is 1.44 bits per heavy atom. The van der Waals surface area contributed by atoms with Gasteiger partial charge < -0.3 is 15.0 Å². The summed E-state index contributed by atoms with van der Waals surface area (Å²) in [5, 5.41) is 3.00. The molecule has 0 radical (unpaired) electrons. The van der Waals surface area contributed by atoms with E-state index >= 15 is 0 Å². The molecule has 0 fully saturated rings. The van der Waals surface area contributed by atoms with E-state index < -0.39 is 0 Å². The van der Waals surface area contributed by atoms with Crippen molar-refractivity contribution < 1.29 is 9.53 Å². The topological polar surface area (TPSA) is 41.6 Å². The molecule has 0 aliphatic carbocycles. The van der Waals surface area contributed by atoms with E-state index in [-0.39, 0.29) is 12.0 Å². The quantitative estimate of drug-likeness (QED) is 0.637. The molecule has 0 saturated carbocycles. The van der Waals surface area contributed by atoms with E-state index in [1.54, 1.807) is 7.05 Å². The summed E-state index contributed by atoms with van der Waals surface area (Å²) in [7, 11) is 3.89. The highest BCUT2D eigenvalue weighted by atomic mass is 16.5. The second-order valence-corrected chi connectivity index (χ2v) is 4.12. The minimum absolute atomic E-state index is 0.150. The summed E-state index contributed by atoms with van der Waals surface area (Å²) in [6, 6.07) is 0.367. The normalized spacial score (nSPS) is 14.9. The zero-order valence-corrected chi connectivity index (χ0v) is 11.2. The highest BCUT2D eigenvalue weighted by molar-refractivity contribution is 5.75. The van der Waals surface area contributed by atoms with Crippen LogP contribution in [0, 0.1) is 0 Å². The van der Waals surface area contributed by atoms with Gasteiger partial charge in [-0.1, -0.05) is 6.92 Å². The third kappa shape index (κ3) is 5.47. The summed E-state index contributed by atoms with van der Waals surface area (Å²) < 4.78 is 4.99. The van der Waals surface area contributed by atoms with Crippen LogP contribution in [0.1, 0.15) is 33.6 Å². The Balaban J connectivity index is 3.99. The molecule has 0 rings (SSSR count). The first-order chi connectivity index (χ1) is 7.56. The molecule has 0 aromatic heterocycles. The Morgan fingerprint density at radius 2 is 2.06 bits per heavy atom. The van der Waals surface area contributed by atoms with Gasteiger partial charge in [0.1, 0.15) is 6.04 Å². The molecule has 2 unspecified atom stereocenters. The fraction of sp³-hybridized carbons (Fsp3) is 0.917. The van der Waals surface area contributed by atoms with E-state index in [4.69, 9.17) is 4.74 Å². The zero-order chi connectivity index (χ0) is 12.6. The van der Waals surface area contributed by atoms with Crippen molar-refractivity contribution in [3.63, 3.8) is 0 Å². The Hall–Kier alpha value is -0.610. The fourth-order valence-corrected chi connectivity index (χ4v) is 1.49. The maximum Gasteiger partial charge on any atom is 0.323 e. The number of rotatable bonds is 8. The van der Waals surface area contributed by atoms with Gasteiger partial charge in [0.15, 0.2) is 0 Å². The maximum atomic E-state index is 11.5. The average Bonchev–Trinajstić information content (AvgIpc) is 2.28. The molecular formula is C12H26N2O2. The molecule has 0 heterocycles. The van der Waals surface area contributed by atoms with Crippen LogP contribution in [-0.2, 0) is 9.53 Å². The van der Waals surface area contributed by atoms with Gasteiger partial charge in [0.25, 0.3) is 0 Å². The van der Waals surface area contributed by atoms with Crippen LogP contribution < -0.4 is 5.32 Å². The van der Waals surface area contributed by atoms with Crippen molar-refractivity contribution in [3.05, 3.63) is 0 Å². The van der Waals surface area contributed by atoms with Gasteiger partial charge >= 0.3 is 5.97 Å². The molecule has 0 spiro atoms. The first kappa shape index (κ1) is 15.4. The van der Waals surface area contributed by atoms with E-state index in [1.807, 2.05) is 6.92 Å². The molecule has 0 aliphatic rings.